The molecule has 2 rings (SSSR count). The summed E-state index contributed by atoms with van der Waals surface area (Å²) in [5.41, 5.74) is 0.707. The van der Waals surface area contributed by atoms with E-state index in [0.29, 0.717) is 6.54 Å². The van der Waals surface area contributed by atoms with Crippen LogP contribution in [0, 0.1) is 0 Å². The first-order valence-corrected chi connectivity index (χ1v) is 11.3. The molecule has 0 heterocycles. The number of nitrogens with zero attached hydrogens (tertiary/aromatic N) is 1. The van der Waals surface area contributed by atoms with Gasteiger partial charge in [-0.3, -0.25) is 4.79 Å². The van der Waals surface area contributed by atoms with Crippen LogP contribution in [0.3, 0.4) is 0 Å². The number of hydrogen-bond donors (Lipinski definition) is 1. The second-order valence-electron chi connectivity index (χ2n) is 6.67. The number of halogens is 1. The van der Waals surface area contributed by atoms with Gasteiger partial charge in [0, 0.05) is 20.1 Å². The van der Waals surface area contributed by atoms with E-state index < -0.39 is 28.5 Å². The summed E-state index contributed by atoms with van der Waals surface area (Å²) in [7, 11) is -2.41. The molecule has 2 aromatic carbocycles. The van der Waals surface area contributed by atoms with E-state index in [1.807, 2.05) is 37.3 Å². The lowest BCUT2D eigenvalue weighted by Crippen LogP contribution is -2.29. The molecular weight excluding hydrogens is 428 g/mol. The number of esters is 1. The van der Waals surface area contributed by atoms with Crippen LogP contribution >= 0.6 is 11.6 Å². The van der Waals surface area contributed by atoms with Crippen LogP contribution in [-0.2, 0) is 26.1 Å². The van der Waals surface area contributed by atoms with Crippen molar-refractivity contribution in [1.29, 1.82) is 0 Å². The van der Waals surface area contributed by atoms with Gasteiger partial charge in [-0.25, -0.2) is 13.2 Å². The van der Waals surface area contributed by atoms with Gasteiger partial charge in [-0.15, -0.1) is 0 Å². The van der Waals surface area contributed by atoms with E-state index in [4.69, 9.17) is 16.3 Å². The van der Waals surface area contributed by atoms with Crippen LogP contribution in [0.4, 0.5) is 0 Å². The number of ether oxygens (including phenoxy) is 1. The number of hydrogen-bond acceptors (Lipinski definition) is 5. The molecule has 0 fully saturated rings. The number of carbonyl (C=O) groups excluding carboxylic acids is 2. The molecule has 0 aromatic heterocycles. The topological polar surface area (TPSA) is 92.8 Å². The van der Waals surface area contributed by atoms with Gasteiger partial charge in [0.05, 0.1) is 15.5 Å². The van der Waals surface area contributed by atoms with Crippen molar-refractivity contribution in [3.05, 3.63) is 64.7 Å². The average molecular weight is 453 g/mol. The Morgan fingerprint density at radius 1 is 1.13 bits per heavy atom. The number of nitrogens with one attached hydrogen (secondary N) is 1. The van der Waals surface area contributed by atoms with Crippen molar-refractivity contribution in [2.24, 2.45) is 0 Å². The normalized spacial score (nSPS) is 11.3. The second kappa shape index (κ2) is 11.1. The van der Waals surface area contributed by atoms with Crippen LogP contribution < -0.4 is 5.32 Å². The molecule has 7 nitrogen and oxygen atoms in total. The lowest BCUT2D eigenvalue weighted by atomic mass is 10.2. The van der Waals surface area contributed by atoms with Crippen LogP contribution in [0.15, 0.2) is 53.4 Å². The molecular formula is C21H25ClN2O5S. The van der Waals surface area contributed by atoms with E-state index in [1.54, 1.807) is 0 Å². The highest BCUT2D eigenvalue weighted by atomic mass is 35.5. The maximum Gasteiger partial charge on any atom is 0.340 e. The van der Waals surface area contributed by atoms with Crippen LogP contribution in [0.5, 0.6) is 0 Å². The minimum absolute atomic E-state index is 0.0380. The van der Waals surface area contributed by atoms with E-state index in [1.165, 1.54) is 23.5 Å². The minimum atomic E-state index is -3.87. The molecule has 9 heteroatoms. The summed E-state index contributed by atoms with van der Waals surface area (Å²) >= 11 is 6.06. The molecule has 162 valence electrons. The van der Waals surface area contributed by atoms with Gasteiger partial charge in [0.15, 0.2) is 6.61 Å². The molecule has 1 N–H and O–H groups in total. The molecule has 0 bridgehead atoms. The van der Waals surface area contributed by atoms with Gasteiger partial charge in [-0.1, -0.05) is 55.3 Å². The summed E-state index contributed by atoms with van der Waals surface area (Å²) < 4.78 is 32.0. The summed E-state index contributed by atoms with van der Waals surface area (Å²) in [5, 5.41) is 2.67. The number of unbranched alkanes of at least 4 members (excludes halogenated alkanes) is 1. The minimum Gasteiger partial charge on any atom is -0.452 e. The van der Waals surface area contributed by atoms with Gasteiger partial charge in [0.25, 0.3) is 5.91 Å². The maximum atomic E-state index is 12.9. The Bertz CT molecular complexity index is 980. The molecule has 0 saturated carbocycles. The highest BCUT2D eigenvalue weighted by Gasteiger charge is 2.24. The fourth-order valence-corrected chi connectivity index (χ4v) is 3.97. The summed E-state index contributed by atoms with van der Waals surface area (Å²) in [4.78, 5) is 24.0. The first kappa shape index (κ1) is 23.9. The highest BCUT2D eigenvalue weighted by molar-refractivity contribution is 7.89. The van der Waals surface area contributed by atoms with E-state index >= 15 is 0 Å². The zero-order chi connectivity index (χ0) is 22.1. The predicted molar refractivity (Wildman–Crippen MR) is 115 cm³/mol. The van der Waals surface area contributed by atoms with Crippen LogP contribution in [0.2, 0.25) is 5.02 Å². The molecule has 30 heavy (non-hydrogen) atoms. The van der Waals surface area contributed by atoms with Gasteiger partial charge in [-0.2, -0.15) is 4.31 Å². The highest BCUT2D eigenvalue weighted by Crippen LogP contribution is 2.24. The molecule has 0 saturated heterocycles. The van der Waals surface area contributed by atoms with Crippen LogP contribution in [-0.4, -0.2) is 44.8 Å². The third-order valence-corrected chi connectivity index (χ3v) is 6.43. The average Bonchev–Trinajstić information content (AvgIpc) is 2.73. The van der Waals surface area contributed by atoms with Crippen molar-refractivity contribution >= 4 is 33.5 Å². The Labute approximate surface area is 182 Å². The lowest BCUT2D eigenvalue weighted by molar-refractivity contribution is -0.124. The van der Waals surface area contributed by atoms with Gasteiger partial charge < -0.3 is 10.1 Å². The number of amides is 1. The first-order valence-electron chi connectivity index (χ1n) is 9.49. The Balaban J connectivity index is 2.11. The van der Waals surface area contributed by atoms with Crippen molar-refractivity contribution in [2.45, 2.75) is 31.2 Å². The van der Waals surface area contributed by atoms with E-state index in [0.717, 1.165) is 24.5 Å². The molecule has 0 aliphatic rings. The molecule has 0 unspecified atom stereocenters. The van der Waals surface area contributed by atoms with Crippen molar-refractivity contribution in [2.75, 3.05) is 20.2 Å². The Morgan fingerprint density at radius 3 is 2.50 bits per heavy atom. The van der Waals surface area contributed by atoms with Gasteiger partial charge in [0.2, 0.25) is 10.0 Å². The lowest BCUT2D eigenvalue weighted by Gasteiger charge is -2.18. The first-order chi connectivity index (χ1) is 14.3. The standard InChI is InChI=1S/C21H25ClN2O5S/c1-3-4-12-23-20(25)15-29-21(26)18-13-17(10-11-19(18)22)30(27,28)24(2)14-16-8-6-5-7-9-16/h5-11,13H,3-4,12,14-15H2,1-2H3,(H,23,25). The number of sulfonamides is 1. The molecule has 0 aliphatic carbocycles. The van der Waals surface area contributed by atoms with Crippen molar-refractivity contribution in [3.8, 4) is 0 Å². The zero-order valence-electron chi connectivity index (χ0n) is 16.9. The summed E-state index contributed by atoms with van der Waals surface area (Å²) in [6, 6.07) is 12.9. The Kier molecular flexibility index (Phi) is 8.83. The largest absolute Gasteiger partial charge is 0.452 e. The number of rotatable bonds is 10. The third-order valence-electron chi connectivity index (χ3n) is 4.30. The van der Waals surface area contributed by atoms with Gasteiger partial charge >= 0.3 is 5.97 Å². The second-order valence-corrected chi connectivity index (χ2v) is 9.12. The third kappa shape index (κ3) is 6.55. The smallest absolute Gasteiger partial charge is 0.340 e. The van der Waals surface area contributed by atoms with Crippen molar-refractivity contribution in [1.82, 2.24) is 9.62 Å². The fourth-order valence-electron chi connectivity index (χ4n) is 2.59. The summed E-state index contributed by atoms with van der Waals surface area (Å²) in [6.07, 6.45) is 1.75. The van der Waals surface area contributed by atoms with E-state index in [2.05, 4.69) is 5.32 Å². The SMILES string of the molecule is CCCCNC(=O)COC(=O)c1cc(S(=O)(=O)N(C)Cc2ccccc2)ccc1Cl. The Hall–Kier alpha value is -2.42. The summed E-state index contributed by atoms with van der Waals surface area (Å²) in [6.45, 7) is 2.19. The fraction of sp³-hybridized carbons (Fsp3) is 0.333. The number of benzene rings is 2. The Morgan fingerprint density at radius 2 is 1.83 bits per heavy atom. The van der Waals surface area contributed by atoms with E-state index in [9.17, 15) is 18.0 Å². The van der Waals surface area contributed by atoms with Crippen molar-refractivity contribution in [3.63, 3.8) is 0 Å². The van der Waals surface area contributed by atoms with Gasteiger partial charge in [0.1, 0.15) is 0 Å². The molecule has 2 aromatic rings. The van der Waals surface area contributed by atoms with Crippen LogP contribution in [0.25, 0.3) is 0 Å². The molecule has 0 atom stereocenters. The molecule has 0 aliphatic heterocycles. The van der Waals surface area contributed by atoms with Gasteiger partial charge in [-0.05, 0) is 30.2 Å². The quantitative estimate of drug-likeness (QED) is 0.441. The van der Waals surface area contributed by atoms with Crippen molar-refractivity contribution < 1.29 is 22.7 Å². The monoisotopic (exact) mass is 452 g/mol. The molecule has 0 radical (unpaired) electrons. The van der Waals surface area contributed by atoms with E-state index in [-0.39, 0.29) is 22.0 Å². The molecule has 0 spiro atoms. The maximum absolute atomic E-state index is 12.9. The van der Waals surface area contributed by atoms with Crippen LogP contribution in [0.1, 0.15) is 35.7 Å². The zero-order valence-corrected chi connectivity index (χ0v) is 18.5. The predicted octanol–water partition coefficient (Wildman–Crippen LogP) is 3.23. The summed E-state index contributed by atoms with van der Waals surface area (Å²) in [5.74, 6) is -1.30. The number of carbonyl (C=O) groups is 2. The molecule has 1 amide bonds.